The molecule has 0 amide bonds. The van der Waals surface area contributed by atoms with Crippen molar-refractivity contribution in [1.29, 1.82) is 0 Å². The van der Waals surface area contributed by atoms with E-state index < -0.39 is 11.7 Å². The van der Waals surface area contributed by atoms with E-state index >= 15 is 0 Å². The fraction of sp³-hybridized carbons (Fsp3) is 0.625. The molecule has 0 bridgehead atoms. The lowest BCUT2D eigenvalue weighted by molar-refractivity contribution is -0.137. The van der Waals surface area contributed by atoms with Crippen LogP contribution in [-0.2, 0) is 6.18 Å². The van der Waals surface area contributed by atoms with E-state index in [-0.39, 0.29) is 0 Å². The van der Waals surface area contributed by atoms with Crippen LogP contribution >= 0.6 is 0 Å². The predicted octanol–water partition coefficient (Wildman–Crippen LogP) is 3.70. The van der Waals surface area contributed by atoms with E-state index in [1.54, 1.807) is 6.07 Å². The third-order valence-corrected chi connectivity index (χ3v) is 3.93. The van der Waals surface area contributed by atoms with Gasteiger partial charge in [0, 0.05) is 18.8 Å². The van der Waals surface area contributed by atoms with Gasteiger partial charge in [0.05, 0.1) is 5.56 Å². The van der Waals surface area contributed by atoms with Crippen LogP contribution in [0.4, 0.5) is 18.9 Å². The fourth-order valence-electron chi connectivity index (χ4n) is 2.86. The molecule has 2 nitrogen and oxygen atoms in total. The van der Waals surface area contributed by atoms with Crippen LogP contribution in [-0.4, -0.2) is 26.2 Å². The number of hydrogen-bond donors (Lipinski definition) is 1. The Morgan fingerprint density at radius 1 is 1.10 bits per heavy atom. The molecule has 1 aromatic carbocycles. The highest BCUT2D eigenvalue weighted by atomic mass is 19.4. The van der Waals surface area contributed by atoms with Gasteiger partial charge in [0.15, 0.2) is 0 Å². The normalized spacial score (nSPS) is 24.6. The molecule has 0 aromatic heterocycles. The molecule has 1 aliphatic rings. The average molecular weight is 300 g/mol. The number of anilines is 1. The Kier molecular flexibility index (Phi) is 4.81. The lowest BCUT2D eigenvalue weighted by Crippen LogP contribution is -2.43. The van der Waals surface area contributed by atoms with Crippen molar-refractivity contribution >= 4 is 5.69 Å². The summed E-state index contributed by atoms with van der Waals surface area (Å²) >= 11 is 0. The first-order valence-corrected chi connectivity index (χ1v) is 7.41. The van der Waals surface area contributed by atoms with Crippen molar-refractivity contribution in [3.8, 4) is 0 Å². The molecule has 118 valence electrons. The van der Waals surface area contributed by atoms with Gasteiger partial charge in [0.25, 0.3) is 0 Å². The van der Waals surface area contributed by atoms with Gasteiger partial charge in [0.1, 0.15) is 0 Å². The van der Waals surface area contributed by atoms with Gasteiger partial charge in [-0.15, -0.1) is 0 Å². The predicted molar refractivity (Wildman–Crippen MR) is 79.6 cm³/mol. The number of nitrogens with zero attached hydrogens (tertiary/aromatic N) is 1. The van der Waals surface area contributed by atoms with Gasteiger partial charge >= 0.3 is 6.18 Å². The van der Waals surface area contributed by atoms with Crippen molar-refractivity contribution in [2.45, 2.75) is 26.9 Å². The molecule has 0 radical (unpaired) electrons. The highest BCUT2D eigenvalue weighted by Gasteiger charge is 2.31. The van der Waals surface area contributed by atoms with E-state index in [1.807, 2.05) is 6.92 Å². The zero-order valence-electron chi connectivity index (χ0n) is 12.8. The quantitative estimate of drug-likeness (QED) is 0.851. The second-order valence-electron chi connectivity index (χ2n) is 6.27. The molecule has 1 N–H and O–H groups in total. The Morgan fingerprint density at radius 3 is 2.19 bits per heavy atom. The maximum Gasteiger partial charge on any atom is 0.416 e. The zero-order valence-corrected chi connectivity index (χ0v) is 12.8. The van der Waals surface area contributed by atoms with Gasteiger partial charge < -0.3 is 10.2 Å². The number of aryl methyl sites for hydroxylation is 1. The lowest BCUT2D eigenvalue weighted by atomic mass is 10.0. The molecule has 1 aromatic rings. The van der Waals surface area contributed by atoms with Gasteiger partial charge in [0.2, 0.25) is 0 Å². The van der Waals surface area contributed by atoms with Crippen LogP contribution in [0, 0.1) is 18.8 Å². The van der Waals surface area contributed by atoms with Crippen LogP contribution in [0.1, 0.15) is 25.0 Å². The summed E-state index contributed by atoms with van der Waals surface area (Å²) in [5, 5.41) is 3.40. The minimum atomic E-state index is -4.29. The third-order valence-electron chi connectivity index (χ3n) is 3.93. The Hall–Kier alpha value is -1.23. The molecule has 21 heavy (non-hydrogen) atoms. The summed E-state index contributed by atoms with van der Waals surface area (Å²) in [4.78, 5) is 2.11. The number of benzene rings is 1. The van der Waals surface area contributed by atoms with Crippen LogP contribution in [0.5, 0.6) is 0 Å². The molecular formula is C16H23F3N2. The summed E-state index contributed by atoms with van der Waals surface area (Å²) < 4.78 is 38.8. The molecule has 2 rings (SSSR count). The first-order valence-electron chi connectivity index (χ1n) is 7.41. The summed E-state index contributed by atoms with van der Waals surface area (Å²) in [6.45, 7) is 9.48. The molecule has 1 aliphatic heterocycles. The van der Waals surface area contributed by atoms with Gasteiger partial charge in [-0.05, 0) is 49.5 Å². The van der Waals surface area contributed by atoms with Gasteiger partial charge in [-0.3, -0.25) is 0 Å². The number of rotatable bonds is 1. The van der Waals surface area contributed by atoms with Crippen LogP contribution in [0.3, 0.4) is 0 Å². The smallest absolute Gasteiger partial charge is 0.371 e. The van der Waals surface area contributed by atoms with Crippen LogP contribution in [0.15, 0.2) is 18.2 Å². The summed E-state index contributed by atoms with van der Waals surface area (Å²) in [7, 11) is 0. The number of hydrogen-bond acceptors (Lipinski definition) is 2. The van der Waals surface area contributed by atoms with E-state index in [2.05, 4.69) is 24.1 Å². The topological polar surface area (TPSA) is 15.3 Å². The molecule has 5 heteroatoms. The summed E-state index contributed by atoms with van der Waals surface area (Å²) in [5.41, 5.74) is 1.05. The zero-order chi connectivity index (χ0) is 15.6. The molecular weight excluding hydrogens is 277 g/mol. The minimum Gasteiger partial charge on any atom is -0.371 e. The molecule has 1 saturated heterocycles. The highest BCUT2D eigenvalue weighted by molar-refractivity contribution is 5.55. The maximum atomic E-state index is 12.9. The van der Waals surface area contributed by atoms with Crippen molar-refractivity contribution in [3.05, 3.63) is 29.3 Å². The lowest BCUT2D eigenvalue weighted by Gasteiger charge is -2.34. The van der Waals surface area contributed by atoms with Crippen molar-refractivity contribution in [2.75, 3.05) is 31.1 Å². The van der Waals surface area contributed by atoms with E-state index in [9.17, 15) is 13.2 Å². The molecule has 0 spiro atoms. The first kappa shape index (κ1) is 16.1. The highest BCUT2D eigenvalue weighted by Crippen LogP contribution is 2.34. The largest absolute Gasteiger partial charge is 0.416 e. The Balaban J connectivity index is 2.33. The molecule has 1 heterocycles. The van der Waals surface area contributed by atoms with Crippen LogP contribution in [0.2, 0.25) is 0 Å². The molecule has 1 fully saturated rings. The molecule has 0 saturated carbocycles. The Bertz CT molecular complexity index is 473. The Morgan fingerprint density at radius 2 is 1.67 bits per heavy atom. The van der Waals surface area contributed by atoms with Gasteiger partial charge in [-0.25, -0.2) is 0 Å². The maximum absolute atomic E-state index is 12.9. The first-order chi connectivity index (χ1) is 9.77. The van der Waals surface area contributed by atoms with Crippen molar-refractivity contribution in [2.24, 2.45) is 11.8 Å². The standard InChI is InChI=1S/C16H23F3N2/c1-11-7-20-8-12(2)10-21(9-11)15-6-14(16(17,18)19)5-4-13(15)3/h4-6,11-12,20H,7-10H2,1-3H3. The van der Waals surface area contributed by atoms with Crippen LogP contribution in [0.25, 0.3) is 0 Å². The molecule has 0 aliphatic carbocycles. The van der Waals surface area contributed by atoms with E-state index in [0.29, 0.717) is 17.5 Å². The second-order valence-corrected chi connectivity index (χ2v) is 6.27. The third kappa shape index (κ3) is 4.13. The summed E-state index contributed by atoms with van der Waals surface area (Å²) in [5.74, 6) is 0.817. The molecule has 2 atom stereocenters. The van der Waals surface area contributed by atoms with Gasteiger partial charge in [-0.1, -0.05) is 19.9 Å². The Labute approximate surface area is 124 Å². The van der Waals surface area contributed by atoms with E-state index in [1.165, 1.54) is 6.07 Å². The monoisotopic (exact) mass is 300 g/mol. The SMILES string of the molecule is Cc1ccc(C(F)(F)F)cc1N1CC(C)CNCC(C)C1. The molecule has 2 unspecified atom stereocenters. The fourth-order valence-corrected chi connectivity index (χ4v) is 2.86. The second kappa shape index (κ2) is 6.26. The minimum absolute atomic E-state index is 0.409. The van der Waals surface area contributed by atoms with Crippen molar-refractivity contribution < 1.29 is 13.2 Å². The summed E-state index contributed by atoms with van der Waals surface area (Å²) in [6.07, 6.45) is -4.29. The summed E-state index contributed by atoms with van der Waals surface area (Å²) in [6, 6.07) is 4.03. The number of halogens is 3. The van der Waals surface area contributed by atoms with E-state index in [4.69, 9.17) is 0 Å². The van der Waals surface area contributed by atoms with Gasteiger partial charge in [-0.2, -0.15) is 13.2 Å². The van der Waals surface area contributed by atoms with E-state index in [0.717, 1.165) is 37.8 Å². The van der Waals surface area contributed by atoms with Crippen LogP contribution < -0.4 is 10.2 Å². The number of alkyl halides is 3. The van der Waals surface area contributed by atoms with Crippen molar-refractivity contribution in [3.63, 3.8) is 0 Å². The average Bonchev–Trinajstić information content (AvgIpc) is 2.35. The number of nitrogens with one attached hydrogen (secondary N) is 1. The van der Waals surface area contributed by atoms with Crippen molar-refractivity contribution in [1.82, 2.24) is 5.32 Å².